The van der Waals surface area contributed by atoms with Gasteiger partial charge in [-0.3, -0.25) is 4.68 Å². The molecule has 5 heterocycles. The third-order valence-electron chi connectivity index (χ3n) is 5.93. The maximum absolute atomic E-state index is 12.7. The second kappa shape index (κ2) is 8.61. The number of nitrogens with zero attached hydrogens (tertiary/aromatic N) is 11. The Bertz CT molecular complexity index is 1310. The molecular weight excluding hydrogens is 440 g/mol. The first-order chi connectivity index (χ1) is 16.4. The number of aryl methyl sites for hydroxylation is 2. The first kappa shape index (κ1) is 21.6. The van der Waals surface area contributed by atoms with Crippen molar-refractivity contribution in [2.75, 3.05) is 37.5 Å². The summed E-state index contributed by atoms with van der Waals surface area (Å²) in [5.74, 6) is 1.58. The summed E-state index contributed by atoms with van der Waals surface area (Å²) in [6.45, 7) is 1.37. The maximum Gasteiger partial charge on any atom is 0.346 e. The number of fused-ring (bicyclic) bond motifs is 1. The number of imidazole rings is 1. The van der Waals surface area contributed by atoms with Crippen LogP contribution in [0.4, 0.5) is 22.2 Å². The third-order valence-corrected chi connectivity index (χ3v) is 5.93. The molecule has 0 bridgehead atoms. The number of nitrogens with one attached hydrogen (secondary N) is 1. The van der Waals surface area contributed by atoms with Gasteiger partial charge in [0.15, 0.2) is 17.0 Å². The predicted molar refractivity (Wildman–Crippen MR) is 123 cm³/mol. The summed E-state index contributed by atoms with van der Waals surface area (Å²) in [5, 5.41) is 11.6. The van der Waals surface area contributed by atoms with Gasteiger partial charge in [-0.15, -0.1) is 5.10 Å². The van der Waals surface area contributed by atoms with E-state index >= 15 is 0 Å². The second-order valence-electron chi connectivity index (χ2n) is 8.23. The summed E-state index contributed by atoms with van der Waals surface area (Å²) < 4.78 is 10.1. The highest BCUT2D eigenvalue weighted by molar-refractivity contribution is 5.87. The van der Waals surface area contributed by atoms with E-state index in [1.54, 1.807) is 30.1 Å². The molecule has 4 aromatic heterocycles. The Morgan fingerprint density at radius 2 is 2.12 bits per heavy atom. The number of carbonyl (C=O) groups excluding carboxylic acids is 1. The van der Waals surface area contributed by atoms with Crippen molar-refractivity contribution in [2.45, 2.75) is 18.9 Å². The monoisotopic (exact) mass is 466 g/mol. The highest BCUT2D eigenvalue weighted by atomic mass is 16.5. The smallest absolute Gasteiger partial charge is 0.346 e. The molecule has 14 nitrogen and oxygen atoms in total. The Balaban J connectivity index is 1.45. The third kappa shape index (κ3) is 3.86. The summed E-state index contributed by atoms with van der Waals surface area (Å²) >= 11 is 0. The molecule has 1 N–H and O–H groups in total. The molecule has 0 saturated carbocycles. The summed E-state index contributed by atoms with van der Waals surface area (Å²) in [4.78, 5) is 34.5. The number of ether oxygens (including phenoxy) is 1. The lowest BCUT2D eigenvalue weighted by Gasteiger charge is -2.37. The molecule has 0 aromatic carbocycles. The zero-order chi connectivity index (χ0) is 23.8. The number of aromatic nitrogens is 9. The van der Waals surface area contributed by atoms with Gasteiger partial charge < -0.3 is 24.4 Å². The molecule has 1 aliphatic rings. The van der Waals surface area contributed by atoms with Gasteiger partial charge in [-0.1, -0.05) is 0 Å². The number of rotatable bonds is 5. The lowest BCUT2D eigenvalue weighted by atomic mass is 10.1. The number of amides is 1. The average Bonchev–Trinajstić information content (AvgIpc) is 3.59. The number of likely N-dealkylation sites (N-methyl/N-ethyl adjacent to an activating group) is 1. The van der Waals surface area contributed by atoms with Gasteiger partial charge >= 0.3 is 6.03 Å². The quantitative estimate of drug-likeness (QED) is 0.454. The summed E-state index contributed by atoms with van der Waals surface area (Å²) in [6, 6.07) is -0.246. The Morgan fingerprint density at radius 3 is 2.88 bits per heavy atom. The van der Waals surface area contributed by atoms with Gasteiger partial charge in [0.25, 0.3) is 5.88 Å². The van der Waals surface area contributed by atoms with E-state index in [0.29, 0.717) is 41.0 Å². The standard InChI is InChI=1S/C20H26N12O2/c1-28-12-22-15-16(24-14-9-29(2)27-18(14)34-4)25-19(26-17(15)28)31-7-5-6-13(8-31)30(3)20(33)32-11-21-10-23-32/h9-13H,5-8H2,1-4H3,(H,24,25,26). The Labute approximate surface area is 195 Å². The molecule has 178 valence electrons. The first-order valence-corrected chi connectivity index (χ1v) is 10.8. The average molecular weight is 467 g/mol. The van der Waals surface area contributed by atoms with Gasteiger partial charge in [-0.2, -0.15) is 19.7 Å². The second-order valence-corrected chi connectivity index (χ2v) is 8.23. The van der Waals surface area contributed by atoms with Gasteiger partial charge in [-0.05, 0) is 12.8 Å². The molecule has 1 aliphatic heterocycles. The molecule has 4 aromatic rings. The van der Waals surface area contributed by atoms with Crippen LogP contribution in [-0.2, 0) is 14.1 Å². The maximum atomic E-state index is 12.7. The van der Waals surface area contributed by atoms with Crippen molar-refractivity contribution in [2.24, 2.45) is 14.1 Å². The van der Waals surface area contributed by atoms with Gasteiger partial charge in [0, 0.05) is 34.2 Å². The lowest BCUT2D eigenvalue weighted by molar-refractivity contribution is 0.181. The fourth-order valence-electron chi connectivity index (χ4n) is 4.13. The number of methoxy groups -OCH3 is 1. The molecule has 14 heteroatoms. The number of hydrogen-bond donors (Lipinski definition) is 1. The summed E-state index contributed by atoms with van der Waals surface area (Å²) in [5.41, 5.74) is 2.02. The zero-order valence-electron chi connectivity index (χ0n) is 19.5. The van der Waals surface area contributed by atoms with E-state index in [1.165, 1.54) is 17.3 Å². The van der Waals surface area contributed by atoms with Crippen LogP contribution in [-0.4, -0.2) is 88.3 Å². The fourth-order valence-corrected chi connectivity index (χ4v) is 4.13. The van der Waals surface area contributed by atoms with Crippen molar-refractivity contribution in [3.05, 3.63) is 25.2 Å². The minimum atomic E-state index is -0.224. The fraction of sp³-hybridized carbons (Fsp3) is 0.450. The molecule has 0 spiro atoms. The van der Waals surface area contributed by atoms with Crippen molar-refractivity contribution in [3.8, 4) is 5.88 Å². The van der Waals surface area contributed by atoms with Crippen molar-refractivity contribution >= 4 is 34.6 Å². The first-order valence-electron chi connectivity index (χ1n) is 10.8. The molecular formula is C20H26N12O2. The molecule has 5 rings (SSSR count). The highest BCUT2D eigenvalue weighted by Crippen LogP contribution is 2.30. The topological polar surface area (TPSA) is 137 Å². The number of carbonyl (C=O) groups is 1. The van der Waals surface area contributed by atoms with E-state index < -0.39 is 0 Å². The van der Waals surface area contributed by atoms with Gasteiger partial charge in [0.05, 0.1) is 25.7 Å². The van der Waals surface area contributed by atoms with Crippen LogP contribution in [0, 0.1) is 0 Å². The van der Waals surface area contributed by atoms with Crippen LogP contribution in [0.3, 0.4) is 0 Å². The highest BCUT2D eigenvalue weighted by Gasteiger charge is 2.29. The molecule has 1 saturated heterocycles. The van der Waals surface area contributed by atoms with Crippen LogP contribution in [0.2, 0.25) is 0 Å². The van der Waals surface area contributed by atoms with Gasteiger partial charge in [0.2, 0.25) is 5.95 Å². The van der Waals surface area contributed by atoms with Crippen molar-refractivity contribution in [1.29, 1.82) is 0 Å². The van der Waals surface area contributed by atoms with Crippen LogP contribution in [0.25, 0.3) is 11.2 Å². The van der Waals surface area contributed by atoms with Crippen LogP contribution < -0.4 is 15.0 Å². The number of piperidine rings is 1. The van der Waals surface area contributed by atoms with Gasteiger partial charge in [0.1, 0.15) is 18.3 Å². The van der Waals surface area contributed by atoms with Crippen molar-refractivity contribution in [3.63, 3.8) is 0 Å². The minimum Gasteiger partial charge on any atom is -0.478 e. The Kier molecular flexibility index (Phi) is 5.47. The molecule has 1 amide bonds. The molecule has 0 aliphatic carbocycles. The molecule has 34 heavy (non-hydrogen) atoms. The number of hydrogen-bond acceptors (Lipinski definition) is 10. The van der Waals surface area contributed by atoms with E-state index in [9.17, 15) is 4.79 Å². The predicted octanol–water partition coefficient (Wildman–Crippen LogP) is 1.01. The summed E-state index contributed by atoms with van der Waals surface area (Å²) in [6.07, 6.45) is 8.05. The van der Waals surface area contributed by atoms with Crippen LogP contribution >= 0.6 is 0 Å². The van der Waals surface area contributed by atoms with E-state index in [-0.39, 0.29) is 12.1 Å². The van der Waals surface area contributed by atoms with Crippen LogP contribution in [0.1, 0.15) is 12.8 Å². The molecule has 0 radical (unpaired) electrons. The molecule has 1 atom stereocenters. The van der Waals surface area contributed by atoms with Crippen molar-refractivity contribution in [1.82, 2.24) is 49.0 Å². The largest absolute Gasteiger partial charge is 0.478 e. The Hall–Kier alpha value is -4.23. The van der Waals surface area contributed by atoms with Crippen molar-refractivity contribution < 1.29 is 9.53 Å². The SMILES string of the molecule is COc1nn(C)cc1Nc1nc(N2CCCC(N(C)C(=O)n3cncn3)C2)nc2c1ncn2C. The van der Waals surface area contributed by atoms with E-state index in [0.717, 1.165) is 19.4 Å². The van der Waals surface area contributed by atoms with E-state index in [4.69, 9.17) is 14.7 Å². The zero-order valence-corrected chi connectivity index (χ0v) is 19.5. The van der Waals surface area contributed by atoms with Crippen LogP contribution in [0.5, 0.6) is 5.88 Å². The Morgan fingerprint density at radius 1 is 1.26 bits per heavy atom. The molecule has 1 fully saturated rings. The number of anilines is 3. The lowest BCUT2D eigenvalue weighted by Crippen LogP contribution is -2.50. The summed E-state index contributed by atoms with van der Waals surface area (Å²) in [7, 11) is 7.07. The molecule has 1 unspecified atom stereocenters. The van der Waals surface area contributed by atoms with E-state index in [2.05, 4.69) is 30.4 Å². The van der Waals surface area contributed by atoms with E-state index in [1.807, 2.05) is 24.9 Å². The minimum absolute atomic E-state index is 0.0221. The van der Waals surface area contributed by atoms with Gasteiger partial charge in [-0.25, -0.2) is 14.8 Å². The van der Waals surface area contributed by atoms with Crippen LogP contribution in [0.15, 0.2) is 25.2 Å². The normalized spacial score (nSPS) is 16.1.